The fourth-order valence-corrected chi connectivity index (χ4v) is 2.18. The summed E-state index contributed by atoms with van der Waals surface area (Å²) in [6.07, 6.45) is 0.608. The van der Waals surface area contributed by atoms with Gasteiger partial charge in [-0.2, -0.15) is 0 Å². The molecule has 1 unspecified atom stereocenters. The van der Waals surface area contributed by atoms with Crippen molar-refractivity contribution in [1.82, 2.24) is 4.90 Å². The molecule has 0 bridgehead atoms. The number of benzene rings is 1. The van der Waals surface area contributed by atoms with Crippen LogP contribution in [-0.2, 0) is 6.54 Å². The molecule has 0 aliphatic heterocycles. The first-order chi connectivity index (χ1) is 8.51. The second-order valence-corrected chi connectivity index (χ2v) is 5.06. The topological polar surface area (TPSA) is 43.7 Å². The summed E-state index contributed by atoms with van der Waals surface area (Å²) in [5, 5.41) is 18.3. The summed E-state index contributed by atoms with van der Waals surface area (Å²) in [5.41, 5.74) is 5.26. The lowest BCUT2D eigenvalue weighted by atomic mass is 9.98. The third-order valence-electron chi connectivity index (χ3n) is 3.89. The summed E-state index contributed by atoms with van der Waals surface area (Å²) in [7, 11) is 1.99. The first-order valence-corrected chi connectivity index (χ1v) is 6.48. The summed E-state index contributed by atoms with van der Waals surface area (Å²) in [5.74, 6) is 0. The molecule has 0 aromatic heterocycles. The van der Waals surface area contributed by atoms with Gasteiger partial charge in [-0.1, -0.05) is 12.1 Å². The van der Waals surface area contributed by atoms with Gasteiger partial charge in [0, 0.05) is 19.2 Å². The van der Waals surface area contributed by atoms with E-state index in [1.54, 1.807) is 0 Å². The highest BCUT2D eigenvalue weighted by Gasteiger charge is 2.14. The highest BCUT2D eigenvalue weighted by molar-refractivity contribution is 5.38. The SMILES string of the molecule is Cc1ccc(CN(C)C(CO)CCO)c(C)c1C. The molecular weight excluding hydrogens is 226 g/mol. The van der Waals surface area contributed by atoms with Crippen molar-refractivity contribution in [2.24, 2.45) is 0 Å². The van der Waals surface area contributed by atoms with Crippen molar-refractivity contribution in [1.29, 1.82) is 0 Å². The third-order valence-corrected chi connectivity index (χ3v) is 3.89. The Morgan fingerprint density at radius 2 is 1.78 bits per heavy atom. The van der Waals surface area contributed by atoms with E-state index in [1.807, 2.05) is 7.05 Å². The Bertz CT molecular complexity index is 390. The van der Waals surface area contributed by atoms with Gasteiger partial charge < -0.3 is 10.2 Å². The van der Waals surface area contributed by atoms with Crippen LogP contribution in [0.2, 0.25) is 0 Å². The normalized spacial score (nSPS) is 13.1. The first kappa shape index (κ1) is 15.2. The maximum atomic E-state index is 9.32. The summed E-state index contributed by atoms with van der Waals surface area (Å²) in [4.78, 5) is 2.10. The molecule has 3 heteroatoms. The highest BCUT2D eigenvalue weighted by atomic mass is 16.3. The molecule has 1 aromatic carbocycles. The Kier molecular flexibility index (Phi) is 5.79. The second kappa shape index (κ2) is 6.88. The Morgan fingerprint density at radius 3 is 2.33 bits per heavy atom. The van der Waals surface area contributed by atoms with Crippen molar-refractivity contribution < 1.29 is 10.2 Å². The molecule has 0 saturated heterocycles. The molecule has 0 saturated carbocycles. The van der Waals surface area contributed by atoms with Gasteiger partial charge in [0.05, 0.1) is 6.61 Å². The summed E-state index contributed by atoms with van der Waals surface area (Å²) in [6, 6.07) is 4.32. The first-order valence-electron chi connectivity index (χ1n) is 6.48. The van der Waals surface area contributed by atoms with Crippen LogP contribution in [0.4, 0.5) is 0 Å². The van der Waals surface area contributed by atoms with Gasteiger partial charge in [0.25, 0.3) is 0 Å². The van der Waals surface area contributed by atoms with Crippen LogP contribution in [-0.4, -0.2) is 41.4 Å². The van der Waals surface area contributed by atoms with Crippen LogP contribution in [0, 0.1) is 20.8 Å². The van der Waals surface area contributed by atoms with Gasteiger partial charge in [-0.15, -0.1) is 0 Å². The van der Waals surface area contributed by atoms with Crippen molar-refractivity contribution in [3.8, 4) is 0 Å². The van der Waals surface area contributed by atoms with Crippen LogP contribution < -0.4 is 0 Å². The number of aryl methyl sites for hydroxylation is 1. The Balaban J connectivity index is 2.81. The van der Waals surface area contributed by atoms with Crippen LogP contribution in [0.5, 0.6) is 0 Å². The molecule has 1 atom stereocenters. The molecular formula is C15H25NO2. The van der Waals surface area contributed by atoms with E-state index in [1.165, 1.54) is 22.3 Å². The van der Waals surface area contributed by atoms with Crippen LogP contribution in [0.3, 0.4) is 0 Å². The molecule has 102 valence electrons. The van der Waals surface area contributed by atoms with E-state index >= 15 is 0 Å². The lowest BCUT2D eigenvalue weighted by Crippen LogP contribution is -2.35. The summed E-state index contributed by atoms with van der Waals surface area (Å²) < 4.78 is 0. The zero-order valence-corrected chi connectivity index (χ0v) is 11.9. The average Bonchev–Trinajstić information content (AvgIpc) is 2.36. The van der Waals surface area contributed by atoms with Crippen molar-refractivity contribution >= 4 is 0 Å². The predicted molar refractivity (Wildman–Crippen MR) is 74.7 cm³/mol. The fraction of sp³-hybridized carbons (Fsp3) is 0.600. The zero-order chi connectivity index (χ0) is 13.7. The van der Waals surface area contributed by atoms with Crippen molar-refractivity contribution in [3.63, 3.8) is 0 Å². The molecule has 1 aromatic rings. The maximum Gasteiger partial charge on any atom is 0.0587 e. The van der Waals surface area contributed by atoms with E-state index in [0.29, 0.717) is 6.42 Å². The molecule has 0 spiro atoms. The predicted octanol–water partition coefficient (Wildman–Crippen LogP) is 1.79. The van der Waals surface area contributed by atoms with E-state index in [-0.39, 0.29) is 19.3 Å². The highest BCUT2D eigenvalue weighted by Crippen LogP contribution is 2.19. The van der Waals surface area contributed by atoms with Crippen molar-refractivity contribution in [3.05, 3.63) is 34.4 Å². The Labute approximate surface area is 110 Å². The second-order valence-electron chi connectivity index (χ2n) is 5.06. The largest absolute Gasteiger partial charge is 0.396 e. The molecule has 0 radical (unpaired) electrons. The molecule has 0 amide bonds. The smallest absolute Gasteiger partial charge is 0.0587 e. The number of hydrogen-bond acceptors (Lipinski definition) is 3. The molecule has 0 aliphatic carbocycles. The van der Waals surface area contributed by atoms with E-state index < -0.39 is 0 Å². The van der Waals surface area contributed by atoms with Crippen LogP contribution in [0.1, 0.15) is 28.7 Å². The van der Waals surface area contributed by atoms with Gasteiger partial charge in [-0.25, -0.2) is 0 Å². The van der Waals surface area contributed by atoms with Gasteiger partial charge in [-0.3, -0.25) is 4.90 Å². The Morgan fingerprint density at radius 1 is 1.11 bits per heavy atom. The minimum atomic E-state index is 0.0241. The number of rotatable bonds is 6. The Hall–Kier alpha value is -0.900. The maximum absolute atomic E-state index is 9.32. The zero-order valence-electron chi connectivity index (χ0n) is 11.9. The average molecular weight is 251 g/mol. The van der Waals surface area contributed by atoms with Gasteiger partial charge in [0.15, 0.2) is 0 Å². The quantitative estimate of drug-likeness (QED) is 0.810. The van der Waals surface area contributed by atoms with Gasteiger partial charge in [0.1, 0.15) is 0 Å². The van der Waals surface area contributed by atoms with E-state index in [2.05, 4.69) is 37.8 Å². The third kappa shape index (κ3) is 3.55. The van der Waals surface area contributed by atoms with E-state index in [0.717, 1.165) is 6.54 Å². The lowest BCUT2D eigenvalue weighted by Gasteiger charge is -2.27. The fourth-order valence-electron chi connectivity index (χ4n) is 2.18. The van der Waals surface area contributed by atoms with Gasteiger partial charge in [-0.05, 0) is 56.5 Å². The monoisotopic (exact) mass is 251 g/mol. The molecule has 2 N–H and O–H groups in total. The van der Waals surface area contributed by atoms with Gasteiger partial charge in [0.2, 0.25) is 0 Å². The molecule has 1 rings (SSSR count). The van der Waals surface area contributed by atoms with Gasteiger partial charge >= 0.3 is 0 Å². The van der Waals surface area contributed by atoms with Crippen LogP contribution in [0.25, 0.3) is 0 Å². The minimum Gasteiger partial charge on any atom is -0.396 e. The van der Waals surface area contributed by atoms with Crippen molar-refractivity contribution in [2.75, 3.05) is 20.3 Å². The summed E-state index contributed by atoms with van der Waals surface area (Å²) in [6.45, 7) is 7.41. The summed E-state index contributed by atoms with van der Waals surface area (Å²) >= 11 is 0. The lowest BCUT2D eigenvalue weighted by molar-refractivity contribution is 0.115. The van der Waals surface area contributed by atoms with Crippen LogP contribution >= 0.6 is 0 Å². The minimum absolute atomic E-state index is 0.0241. The number of nitrogens with zero attached hydrogens (tertiary/aromatic N) is 1. The number of aliphatic hydroxyl groups is 2. The molecule has 0 aliphatic rings. The van der Waals surface area contributed by atoms with E-state index in [9.17, 15) is 5.11 Å². The molecule has 3 nitrogen and oxygen atoms in total. The molecule has 18 heavy (non-hydrogen) atoms. The number of hydrogen-bond donors (Lipinski definition) is 2. The molecule has 0 fully saturated rings. The standard InChI is InChI=1S/C15H25NO2/c1-11-5-6-14(13(3)12(11)2)9-16(4)15(10-18)7-8-17/h5-6,15,17-18H,7-10H2,1-4H3. The number of likely N-dealkylation sites (N-methyl/N-ethyl adjacent to an activating group) is 1. The number of aliphatic hydroxyl groups excluding tert-OH is 2. The van der Waals surface area contributed by atoms with Crippen molar-refractivity contribution in [2.45, 2.75) is 39.8 Å². The van der Waals surface area contributed by atoms with E-state index in [4.69, 9.17) is 5.11 Å². The van der Waals surface area contributed by atoms with Crippen LogP contribution in [0.15, 0.2) is 12.1 Å². The molecule has 0 heterocycles.